The van der Waals surface area contributed by atoms with Crippen molar-refractivity contribution >= 4 is 5.97 Å². The van der Waals surface area contributed by atoms with E-state index in [0.29, 0.717) is 6.42 Å². The Kier molecular flexibility index (Phi) is 6.31. The van der Waals surface area contributed by atoms with Gasteiger partial charge in [0.15, 0.2) is 0 Å². The van der Waals surface area contributed by atoms with Crippen molar-refractivity contribution in [3.8, 4) is 11.5 Å². The lowest BCUT2D eigenvalue weighted by Crippen LogP contribution is -2.25. The minimum Gasteiger partial charge on any atom is -0.497 e. The van der Waals surface area contributed by atoms with Crippen molar-refractivity contribution in [2.24, 2.45) is 17.6 Å². The summed E-state index contributed by atoms with van der Waals surface area (Å²) < 4.78 is 10.5. The van der Waals surface area contributed by atoms with Gasteiger partial charge in [-0.25, -0.2) is 0 Å². The second kappa shape index (κ2) is 7.75. The monoisotopic (exact) mass is 281 g/mol. The number of nitrogens with two attached hydrogens (primary N) is 1. The average Bonchev–Trinajstić information content (AvgIpc) is 2.44. The van der Waals surface area contributed by atoms with Gasteiger partial charge in [0.1, 0.15) is 11.5 Å². The summed E-state index contributed by atoms with van der Waals surface area (Å²) in [5.74, 6) is 0.415. The summed E-state index contributed by atoms with van der Waals surface area (Å²) in [4.78, 5) is 11.0. The number of carboxylic acid groups (broad SMARTS) is 1. The predicted molar refractivity (Wildman–Crippen MR) is 77.2 cm³/mol. The maximum atomic E-state index is 11.0. The molecule has 5 heteroatoms. The number of aliphatic carboxylic acids is 1. The van der Waals surface area contributed by atoms with Gasteiger partial charge in [0, 0.05) is 6.54 Å². The van der Waals surface area contributed by atoms with Crippen molar-refractivity contribution in [1.82, 2.24) is 0 Å². The molecule has 20 heavy (non-hydrogen) atoms. The Morgan fingerprint density at radius 3 is 2.55 bits per heavy atom. The molecule has 112 valence electrons. The van der Waals surface area contributed by atoms with E-state index < -0.39 is 11.9 Å². The Morgan fingerprint density at radius 1 is 1.35 bits per heavy atom. The number of carboxylic acids is 1. The van der Waals surface area contributed by atoms with Gasteiger partial charge in [-0.15, -0.1) is 0 Å². The lowest BCUT2D eigenvalue weighted by atomic mass is 9.90. The topological polar surface area (TPSA) is 81.8 Å². The largest absolute Gasteiger partial charge is 0.497 e. The molecule has 0 aliphatic heterocycles. The lowest BCUT2D eigenvalue weighted by Gasteiger charge is -2.18. The highest BCUT2D eigenvalue weighted by Crippen LogP contribution is 2.28. The fourth-order valence-corrected chi connectivity index (χ4v) is 2.28. The lowest BCUT2D eigenvalue weighted by molar-refractivity contribution is -0.141. The van der Waals surface area contributed by atoms with Crippen LogP contribution in [0.2, 0.25) is 0 Å². The van der Waals surface area contributed by atoms with Crippen LogP contribution in [0.5, 0.6) is 11.5 Å². The van der Waals surface area contributed by atoms with Crippen LogP contribution in [-0.4, -0.2) is 31.8 Å². The van der Waals surface area contributed by atoms with Gasteiger partial charge in [-0.1, -0.05) is 6.92 Å². The molecule has 2 unspecified atom stereocenters. The van der Waals surface area contributed by atoms with Crippen molar-refractivity contribution < 1.29 is 19.4 Å². The van der Waals surface area contributed by atoms with E-state index in [-0.39, 0.29) is 12.5 Å². The van der Waals surface area contributed by atoms with Gasteiger partial charge >= 0.3 is 5.97 Å². The normalized spacial score (nSPS) is 13.6. The third-order valence-corrected chi connectivity index (χ3v) is 3.38. The summed E-state index contributed by atoms with van der Waals surface area (Å²) >= 11 is 0. The van der Waals surface area contributed by atoms with Crippen LogP contribution in [0.15, 0.2) is 18.2 Å². The zero-order valence-electron chi connectivity index (χ0n) is 12.3. The van der Waals surface area contributed by atoms with E-state index in [1.165, 1.54) is 0 Å². The van der Waals surface area contributed by atoms with E-state index in [2.05, 4.69) is 0 Å². The van der Waals surface area contributed by atoms with Gasteiger partial charge in [-0.3, -0.25) is 4.79 Å². The summed E-state index contributed by atoms with van der Waals surface area (Å²) in [6.45, 7) is 2.18. The number of hydrogen-bond acceptors (Lipinski definition) is 4. The molecule has 5 nitrogen and oxygen atoms in total. The summed E-state index contributed by atoms with van der Waals surface area (Å²) in [6, 6.07) is 5.62. The molecule has 0 aromatic heterocycles. The summed E-state index contributed by atoms with van der Waals surface area (Å²) in [7, 11) is 3.24. The van der Waals surface area contributed by atoms with E-state index >= 15 is 0 Å². The van der Waals surface area contributed by atoms with Gasteiger partial charge in [-0.05, 0) is 42.5 Å². The highest BCUT2D eigenvalue weighted by molar-refractivity contribution is 5.70. The van der Waals surface area contributed by atoms with Gasteiger partial charge in [0.2, 0.25) is 0 Å². The molecule has 0 aliphatic carbocycles. The maximum Gasteiger partial charge on any atom is 0.307 e. The van der Waals surface area contributed by atoms with E-state index in [1.54, 1.807) is 14.2 Å². The molecule has 0 bridgehead atoms. The molecule has 0 aliphatic rings. The van der Waals surface area contributed by atoms with Crippen LogP contribution in [0.3, 0.4) is 0 Å². The van der Waals surface area contributed by atoms with Crippen molar-refractivity contribution in [2.75, 3.05) is 20.8 Å². The first-order valence-corrected chi connectivity index (χ1v) is 6.65. The molecule has 2 atom stereocenters. The van der Waals surface area contributed by atoms with Crippen molar-refractivity contribution in [2.45, 2.75) is 19.8 Å². The van der Waals surface area contributed by atoms with Crippen LogP contribution in [0, 0.1) is 11.8 Å². The molecule has 0 saturated carbocycles. The van der Waals surface area contributed by atoms with Gasteiger partial charge < -0.3 is 20.3 Å². The molecule has 3 N–H and O–H groups in total. The molecule has 0 radical (unpaired) electrons. The zero-order chi connectivity index (χ0) is 15.1. The molecule has 1 aromatic carbocycles. The minimum atomic E-state index is -0.836. The van der Waals surface area contributed by atoms with E-state index in [9.17, 15) is 4.79 Å². The maximum absolute atomic E-state index is 11.0. The number of hydrogen-bond donors (Lipinski definition) is 2. The Hall–Kier alpha value is -1.75. The summed E-state index contributed by atoms with van der Waals surface area (Å²) in [6.07, 6.45) is 1.27. The van der Waals surface area contributed by atoms with Crippen LogP contribution >= 0.6 is 0 Å². The second-order valence-electron chi connectivity index (χ2n) is 4.99. The van der Waals surface area contributed by atoms with E-state index in [4.69, 9.17) is 20.3 Å². The quantitative estimate of drug-likeness (QED) is 0.761. The third-order valence-electron chi connectivity index (χ3n) is 3.38. The minimum absolute atomic E-state index is 0.162. The van der Waals surface area contributed by atoms with Crippen molar-refractivity contribution in [3.05, 3.63) is 23.8 Å². The Morgan fingerprint density at radius 2 is 2.05 bits per heavy atom. The second-order valence-corrected chi connectivity index (χ2v) is 4.99. The van der Waals surface area contributed by atoms with Crippen LogP contribution < -0.4 is 15.2 Å². The Bertz CT molecular complexity index is 447. The summed E-state index contributed by atoms with van der Waals surface area (Å²) in [5, 5.41) is 9.05. The first-order valence-electron chi connectivity index (χ1n) is 6.65. The zero-order valence-corrected chi connectivity index (χ0v) is 12.3. The van der Waals surface area contributed by atoms with Crippen molar-refractivity contribution in [1.29, 1.82) is 0 Å². The SMILES string of the molecule is COc1ccc(OC)c(CC(C)CC(CN)C(=O)O)c1. The number of benzene rings is 1. The van der Waals surface area contributed by atoms with E-state index in [0.717, 1.165) is 23.5 Å². The van der Waals surface area contributed by atoms with Gasteiger partial charge in [0.25, 0.3) is 0 Å². The molecule has 0 saturated heterocycles. The first-order chi connectivity index (χ1) is 9.51. The predicted octanol–water partition coefficient (Wildman–Crippen LogP) is 1.93. The molecule has 1 rings (SSSR count). The molecule has 1 aromatic rings. The standard InChI is InChI=1S/C15H23NO4/c1-10(7-12(9-16)15(17)18)6-11-8-13(19-2)4-5-14(11)20-3/h4-5,8,10,12H,6-7,9,16H2,1-3H3,(H,17,18). The van der Waals surface area contributed by atoms with Crippen molar-refractivity contribution in [3.63, 3.8) is 0 Å². The highest BCUT2D eigenvalue weighted by atomic mass is 16.5. The molecule has 0 fully saturated rings. The third kappa shape index (κ3) is 4.42. The molecule has 0 amide bonds. The number of rotatable bonds is 8. The van der Waals surface area contributed by atoms with Crippen LogP contribution in [-0.2, 0) is 11.2 Å². The number of carbonyl (C=O) groups is 1. The van der Waals surface area contributed by atoms with Gasteiger partial charge in [-0.2, -0.15) is 0 Å². The highest BCUT2D eigenvalue weighted by Gasteiger charge is 2.20. The Balaban J connectivity index is 2.78. The Labute approximate surface area is 119 Å². The molecule has 0 spiro atoms. The van der Waals surface area contributed by atoms with Gasteiger partial charge in [0.05, 0.1) is 20.1 Å². The van der Waals surface area contributed by atoms with Crippen LogP contribution in [0.4, 0.5) is 0 Å². The number of ether oxygens (including phenoxy) is 2. The summed E-state index contributed by atoms with van der Waals surface area (Å²) in [5.41, 5.74) is 6.51. The molecule has 0 heterocycles. The average molecular weight is 281 g/mol. The number of methoxy groups -OCH3 is 2. The van der Waals surface area contributed by atoms with Crippen LogP contribution in [0.1, 0.15) is 18.9 Å². The fourth-order valence-electron chi connectivity index (χ4n) is 2.28. The fraction of sp³-hybridized carbons (Fsp3) is 0.533. The molecular formula is C15H23NO4. The molecular weight excluding hydrogens is 258 g/mol. The van der Waals surface area contributed by atoms with E-state index in [1.807, 2.05) is 25.1 Å². The first kappa shape index (κ1) is 16.3. The smallest absolute Gasteiger partial charge is 0.307 e. The van der Waals surface area contributed by atoms with Crippen LogP contribution in [0.25, 0.3) is 0 Å².